The van der Waals surface area contributed by atoms with E-state index in [4.69, 9.17) is 28.2 Å². The second kappa shape index (κ2) is 7.69. The highest BCUT2D eigenvalue weighted by Crippen LogP contribution is 2.39. The zero-order chi connectivity index (χ0) is 19.8. The van der Waals surface area contributed by atoms with Crippen molar-refractivity contribution in [3.63, 3.8) is 0 Å². The van der Waals surface area contributed by atoms with E-state index < -0.39 is 4.92 Å². The maximum absolute atomic E-state index is 12.8. The van der Waals surface area contributed by atoms with Gasteiger partial charge in [0.2, 0.25) is 0 Å². The van der Waals surface area contributed by atoms with Crippen LogP contribution >= 0.6 is 35.6 Å². The Morgan fingerprint density at radius 1 is 1.29 bits per heavy atom. The number of amides is 1. The minimum absolute atomic E-state index is 0.0757. The number of furan rings is 1. The van der Waals surface area contributed by atoms with E-state index in [9.17, 15) is 14.9 Å². The molecule has 1 aliphatic carbocycles. The molecule has 1 aromatic carbocycles. The Bertz CT molecular complexity index is 1010. The number of nitro groups is 1. The van der Waals surface area contributed by atoms with Gasteiger partial charge in [0.25, 0.3) is 11.6 Å². The first-order chi connectivity index (χ1) is 13.4. The van der Waals surface area contributed by atoms with Crippen LogP contribution in [0.3, 0.4) is 0 Å². The molecule has 2 aliphatic rings. The van der Waals surface area contributed by atoms with Gasteiger partial charge in [-0.05, 0) is 31.0 Å². The van der Waals surface area contributed by atoms with Gasteiger partial charge in [-0.3, -0.25) is 19.8 Å². The zero-order valence-corrected chi connectivity index (χ0v) is 17.0. The molecule has 144 valence electrons. The molecule has 28 heavy (non-hydrogen) atoms. The number of hydrogen-bond donors (Lipinski definition) is 0. The molecule has 1 amide bonds. The molecule has 1 saturated heterocycles. The molecule has 1 saturated carbocycles. The minimum Gasteiger partial charge on any atom is -0.457 e. The van der Waals surface area contributed by atoms with Gasteiger partial charge in [0.05, 0.1) is 14.9 Å². The number of non-ortho nitro benzene ring substituents is 1. The summed E-state index contributed by atoms with van der Waals surface area (Å²) in [5.74, 6) is 0.891. The summed E-state index contributed by atoms with van der Waals surface area (Å²) in [6.45, 7) is 0. The summed E-state index contributed by atoms with van der Waals surface area (Å²) in [6, 6.07) is 7.85. The molecule has 0 atom stereocenters. The fourth-order valence-corrected chi connectivity index (χ4v) is 5.13. The van der Waals surface area contributed by atoms with Gasteiger partial charge in [0.15, 0.2) is 0 Å². The molecule has 0 radical (unpaired) electrons. The standard InChI is InChI=1S/C19H15ClN2O4S2/c20-15-9-12(22(24)25)5-7-14(15)16-8-6-13(26-16)10-17-18(23)21(19(27)28-17)11-3-1-2-4-11/h5-11H,1-4H2/b17-10+. The maximum Gasteiger partial charge on any atom is 0.270 e. The average molecular weight is 435 g/mol. The van der Waals surface area contributed by atoms with Crippen LogP contribution in [-0.2, 0) is 4.79 Å². The molecule has 1 aromatic heterocycles. The second-order valence-electron chi connectivity index (χ2n) is 6.61. The Balaban J connectivity index is 1.57. The Morgan fingerprint density at radius 2 is 2.04 bits per heavy atom. The molecule has 2 aromatic rings. The number of hydrogen-bond acceptors (Lipinski definition) is 6. The van der Waals surface area contributed by atoms with Crippen molar-refractivity contribution < 1.29 is 14.1 Å². The first-order valence-electron chi connectivity index (χ1n) is 8.75. The number of thiocarbonyl (C=S) groups is 1. The third-order valence-corrected chi connectivity index (χ3v) is 6.49. The smallest absolute Gasteiger partial charge is 0.270 e. The third kappa shape index (κ3) is 3.59. The normalized spacial score (nSPS) is 19.2. The Hall–Kier alpha value is -2.16. The van der Waals surface area contributed by atoms with Crippen LogP contribution in [0, 0.1) is 10.1 Å². The number of nitro benzene ring substituents is 1. The van der Waals surface area contributed by atoms with Crippen molar-refractivity contribution in [1.82, 2.24) is 4.90 Å². The molecule has 0 N–H and O–H groups in total. The Kier molecular flexibility index (Phi) is 5.27. The summed E-state index contributed by atoms with van der Waals surface area (Å²) >= 11 is 12.8. The maximum atomic E-state index is 12.8. The number of rotatable bonds is 4. The van der Waals surface area contributed by atoms with Crippen molar-refractivity contribution in [2.75, 3.05) is 0 Å². The van der Waals surface area contributed by atoms with Crippen LogP contribution in [0.1, 0.15) is 31.4 Å². The number of halogens is 1. The van der Waals surface area contributed by atoms with Crippen LogP contribution in [0.4, 0.5) is 5.69 Å². The molecule has 6 nitrogen and oxygen atoms in total. The largest absolute Gasteiger partial charge is 0.457 e. The molecular weight excluding hydrogens is 420 g/mol. The summed E-state index contributed by atoms with van der Waals surface area (Å²) in [4.78, 5) is 25.4. The number of benzene rings is 1. The van der Waals surface area contributed by atoms with E-state index in [0.717, 1.165) is 25.7 Å². The molecule has 2 heterocycles. The van der Waals surface area contributed by atoms with Crippen LogP contribution in [0.15, 0.2) is 39.7 Å². The van der Waals surface area contributed by atoms with E-state index in [1.165, 1.54) is 23.9 Å². The van der Waals surface area contributed by atoms with Gasteiger partial charge in [0.1, 0.15) is 15.8 Å². The van der Waals surface area contributed by atoms with Crippen LogP contribution < -0.4 is 0 Å². The highest BCUT2D eigenvalue weighted by molar-refractivity contribution is 8.26. The Morgan fingerprint density at radius 3 is 2.71 bits per heavy atom. The quantitative estimate of drug-likeness (QED) is 0.268. The van der Waals surface area contributed by atoms with Crippen molar-refractivity contribution >= 4 is 57.6 Å². The van der Waals surface area contributed by atoms with Gasteiger partial charge in [0, 0.05) is 29.8 Å². The Labute approximate surface area is 175 Å². The molecule has 9 heteroatoms. The van der Waals surface area contributed by atoms with E-state index in [1.54, 1.807) is 29.2 Å². The molecule has 4 rings (SSSR count). The van der Waals surface area contributed by atoms with Crippen LogP contribution in [0.2, 0.25) is 5.02 Å². The van der Waals surface area contributed by atoms with Gasteiger partial charge in [-0.15, -0.1) is 0 Å². The van der Waals surface area contributed by atoms with E-state index in [1.807, 2.05) is 0 Å². The van der Waals surface area contributed by atoms with Crippen LogP contribution in [0.25, 0.3) is 17.4 Å². The lowest BCUT2D eigenvalue weighted by atomic mass is 10.1. The predicted molar refractivity (Wildman–Crippen MR) is 113 cm³/mol. The highest BCUT2D eigenvalue weighted by Gasteiger charge is 2.38. The van der Waals surface area contributed by atoms with E-state index in [-0.39, 0.29) is 22.7 Å². The summed E-state index contributed by atoms with van der Waals surface area (Å²) < 4.78 is 6.39. The topological polar surface area (TPSA) is 76.6 Å². The molecule has 1 aliphatic heterocycles. The number of nitrogens with zero attached hydrogens (tertiary/aromatic N) is 2. The molecule has 2 fully saturated rings. The number of thioether (sulfide) groups is 1. The van der Waals surface area contributed by atoms with Crippen molar-refractivity contribution in [2.45, 2.75) is 31.7 Å². The van der Waals surface area contributed by atoms with E-state index in [0.29, 0.717) is 26.3 Å². The van der Waals surface area contributed by atoms with Crippen molar-refractivity contribution in [3.8, 4) is 11.3 Å². The van der Waals surface area contributed by atoms with E-state index in [2.05, 4.69) is 0 Å². The minimum atomic E-state index is -0.504. The first kappa shape index (κ1) is 19.2. The van der Waals surface area contributed by atoms with Crippen molar-refractivity contribution in [3.05, 3.63) is 56.1 Å². The number of carbonyl (C=O) groups is 1. The fourth-order valence-electron chi connectivity index (χ4n) is 3.48. The van der Waals surface area contributed by atoms with Gasteiger partial charge in [-0.1, -0.05) is 48.4 Å². The third-order valence-electron chi connectivity index (χ3n) is 4.84. The monoisotopic (exact) mass is 434 g/mol. The van der Waals surface area contributed by atoms with Crippen molar-refractivity contribution in [2.24, 2.45) is 0 Å². The van der Waals surface area contributed by atoms with Gasteiger partial charge < -0.3 is 4.42 Å². The molecule has 0 unspecified atom stereocenters. The van der Waals surface area contributed by atoms with Crippen LogP contribution in [-0.4, -0.2) is 26.1 Å². The van der Waals surface area contributed by atoms with Gasteiger partial charge >= 0.3 is 0 Å². The van der Waals surface area contributed by atoms with Crippen molar-refractivity contribution in [1.29, 1.82) is 0 Å². The zero-order valence-electron chi connectivity index (χ0n) is 14.6. The highest BCUT2D eigenvalue weighted by atomic mass is 35.5. The summed E-state index contributed by atoms with van der Waals surface area (Å²) in [5.41, 5.74) is 0.460. The predicted octanol–water partition coefficient (Wildman–Crippen LogP) is 5.65. The number of carbonyl (C=O) groups excluding carboxylic acids is 1. The van der Waals surface area contributed by atoms with Crippen LogP contribution in [0.5, 0.6) is 0 Å². The molecule has 0 bridgehead atoms. The summed E-state index contributed by atoms with van der Waals surface area (Å²) in [6.07, 6.45) is 5.90. The second-order valence-corrected chi connectivity index (χ2v) is 8.70. The first-order valence-corrected chi connectivity index (χ1v) is 10.4. The summed E-state index contributed by atoms with van der Waals surface area (Å²) in [7, 11) is 0. The SMILES string of the molecule is O=C1/C(=C\c2ccc(-c3ccc([N+](=O)[O-])cc3Cl)o2)SC(=S)N1C1CCCC1. The van der Waals surface area contributed by atoms with Gasteiger partial charge in [-0.2, -0.15) is 0 Å². The van der Waals surface area contributed by atoms with E-state index >= 15 is 0 Å². The fraction of sp³-hybridized carbons (Fsp3) is 0.263. The average Bonchev–Trinajstić information content (AvgIpc) is 3.37. The molecule has 0 spiro atoms. The van der Waals surface area contributed by atoms with Gasteiger partial charge in [-0.25, -0.2) is 0 Å². The lowest BCUT2D eigenvalue weighted by Gasteiger charge is -2.21. The lowest BCUT2D eigenvalue weighted by Crippen LogP contribution is -2.36. The summed E-state index contributed by atoms with van der Waals surface area (Å²) in [5, 5.41) is 11.1. The molecular formula is C19H15ClN2O4S2. The lowest BCUT2D eigenvalue weighted by molar-refractivity contribution is -0.384.